The number of aryl methyl sites for hydroxylation is 1. The molecule has 0 bridgehead atoms. The highest BCUT2D eigenvalue weighted by atomic mass is 16.3. The average molecular weight is 314 g/mol. The van der Waals surface area contributed by atoms with Crippen molar-refractivity contribution in [2.45, 2.75) is 39.0 Å². The molecule has 0 saturated carbocycles. The largest absolute Gasteiger partial charge is 0.392 e. The Morgan fingerprint density at radius 3 is 2.78 bits per heavy atom. The van der Waals surface area contributed by atoms with Gasteiger partial charge in [-0.25, -0.2) is 4.68 Å². The van der Waals surface area contributed by atoms with Crippen LogP contribution in [0.3, 0.4) is 0 Å². The zero-order chi connectivity index (χ0) is 16.4. The maximum Gasteiger partial charge on any atom is 0.237 e. The van der Waals surface area contributed by atoms with Crippen LogP contribution in [-0.4, -0.2) is 39.5 Å². The lowest BCUT2D eigenvalue weighted by Crippen LogP contribution is -2.40. The molecule has 6 nitrogen and oxygen atoms in total. The average Bonchev–Trinajstić information content (AvgIpc) is 3.10. The molecule has 2 atom stereocenters. The van der Waals surface area contributed by atoms with Gasteiger partial charge in [0.1, 0.15) is 0 Å². The summed E-state index contributed by atoms with van der Waals surface area (Å²) in [6, 6.07) is 9.63. The summed E-state index contributed by atoms with van der Waals surface area (Å²) in [5, 5.41) is 20.0. The van der Waals surface area contributed by atoms with E-state index in [2.05, 4.69) is 15.7 Å². The first-order valence-electron chi connectivity index (χ1n) is 7.86. The quantitative estimate of drug-likeness (QED) is 0.781. The van der Waals surface area contributed by atoms with Crippen molar-refractivity contribution in [1.29, 1.82) is 0 Å². The molecule has 2 aromatic rings. The number of rotatable bonds is 4. The highest BCUT2D eigenvalue weighted by Crippen LogP contribution is 2.17. The SMILES string of the molecule is Cc1nn(-c2ccccc2)c(C)c1CNC(=O)C1CC(O)CN1. The van der Waals surface area contributed by atoms with Crippen LogP contribution in [-0.2, 0) is 11.3 Å². The monoisotopic (exact) mass is 314 g/mol. The first-order valence-corrected chi connectivity index (χ1v) is 7.86. The van der Waals surface area contributed by atoms with Gasteiger partial charge in [-0.15, -0.1) is 0 Å². The smallest absolute Gasteiger partial charge is 0.237 e. The highest BCUT2D eigenvalue weighted by molar-refractivity contribution is 5.82. The van der Waals surface area contributed by atoms with Gasteiger partial charge in [0.25, 0.3) is 0 Å². The third-order valence-corrected chi connectivity index (χ3v) is 4.31. The van der Waals surface area contributed by atoms with Crippen molar-refractivity contribution in [2.24, 2.45) is 0 Å². The van der Waals surface area contributed by atoms with Crippen molar-refractivity contribution >= 4 is 5.91 Å². The number of hydrogen-bond donors (Lipinski definition) is 3. The van der Waals surface area contributed by atoms with Crippen LogP contribution < -0.4 is 10.6 Å². The Bertz CT molecular complexity index is 696. The molecule has 2 unspecified atom stereocenters. The molecule has 6 heteroatoms. The van der Waals surface area contributed by atoms with Gasteiger partial charge >= 0.3 is 0 Å². The fourth-order valence-electron chi connectivity index (χ4n) is 2.97. The minimum Gasteiger partial charge on any atom is -0.392 e. The predicted octanol–water partition coefficient (Wildman–Crippen LogP) is 0.828. The maximum atomic E-state index is 12.2. The number of aromatic nitrogens is 2. The molecule has 1 aliphatic heterocycles. The second-order valence-electron chi connectivity index (χ2n) is 5.96. The number of benzene rings is 1. The van der Waals surface area contributed by atoms with Crippen LogP contribution in [0.1, 0.15) is 23.4 Å². The number of hydrogen-bond acceptors (Lipinski definition) is 4. The van der Waals surface area contributed by atoms with Crippen LogP contribution in [0.15, 0.2) is 30.3 Å². The summed E-state index contributed by atoms with van der Waals surface area (Å²) in [6.07, 6.45) is 0.0302. The number of amides is 1. The number of para-hydroxylation sites is 1. The van der Waals surface area contributed by atoms with Crippen LogP contribution in [0.25, 0.3) is 5.69 Å². The number of aliphatic hydroxyl groups is 1. The van der Waals surface area contributed by atoms with E-state index < -0.39 is 6.10 Å². The van der Waals surface area contributed by atoms with E-state index >= 15 is 0 Å². The van der Waals surface area contributed by atoms with Gasteiger partial charge in [0, 0.05) is 24.3 Å². The standard InChI is InChI=1S/C17H22N4O2/c1-11-15(10-19-17(23)16-8-14(22)9-18-16)12(2)21(20-11)13-6-4-3-5-7-13/h3-7,14,16,18,22H,8-10H2,1-2H3,(H,19,23). The summed E-state index contributed by atoms with van der Waals surface area (Å²) >= 11 is 0. The minimum atomic E-state index is -0.435. The fourth-order valence-corrected chi connectivity index (χ4v) is 2.97. The van der Waals surface area contributed by atoms with Gasteiger partial charge in [-0.3, -0.25) is 4.79 Å². The number of β-amino-alcohol motifs (C(OH)–C–C–N with tert-alkyl or cyclic N) is 1. The summed E-state index contributed by atoms with van der Waals surface area (Å²) in [5.41, 5.74) is 3.96. The zero-order valence-electron chi connectivity index (χ0n) is 13.4. The number of carbonyl (C=O) groups is 1. The number of aliphatic hydroxyl groups excluding tert-OH is 1. The van der Waals surface area contributed by atoms with Crippen LogP contribution in [0, 0.1) is 13.8 Å². The molecule has 0 spiro atoms. The van der Waals surface area contributed by atoms with Gasteiger partial charge in [0.15, 0.2) is 0 Å². The molecule has 1 fully saturated rings. The van der Waals surface area contributed by atoms with E-state index in [1.807, 2.05) is 48.9 Å². The van der Waals surface area contributed by atoms with Crippen molar-refractivity contribution in [1.82, 2.24) is 20.4 Å². The Morgan fingerprint density at radius 1 is 1.39 bits per heavy atom. The lowest BCUT2D eigenvalue weighted by Gasteiger charge is -2.11. The van der Waals surface area contributed by atoms with E-state index in [-0.39, 0.29) is 11.9 Å². The van der Waals surface area contributed by atoms with E-state index in [1.54, 1.807) is 0 Å². The van der Waals surface area contributed by atoms with Gasteiger partial charge in [-0.1, -0.05) is 18.2 Å². The summed E-state index contributed by atoms with van der Waals surface area (Å²) < 4.78 is 1.90. The molecule has 23 heavy (non-hydrogen) atoms. The molecule has 1 aromatic carbocycles. The number of nitrogens with zero attached hydrogens (tertiary/aromatic N) is 2. The Hall–Kier alpha value is -2.18. The normalized spacial score (nSPS) is 20.7. The molecule has 1 amide bonds. The second-order valence-corrected chi connectivity index (χ2v) is 5.96. The van der Waals surface area contributed by atoms with Gasteiger partial charge < -0.3 is 15.7 Å². The topological polar surface area (TPSA) is 79.2 Å². The Balaban J connectivity index is 1.71. The van der Waals surface area contributed by atoms with Crippen molar-refractivity contribution in [3.05, 3.63) is 47.3 Å². The second kappa shape index (κ2) is 6.52. The van der Waals surface area contributed by atoms with Crippen molar-refractivity contribution in [3.63, 3.8) is 0 Å². The van der Waals surface area contributed by atoms with Crippen LogP contribution in [0.2, 0.25) is 0 Å². The Morgan fingerprint density at radius 2 is 2.13 bits per heavy atom. The molecular formula is C17H22N4O2. The van der Waals surface area contributed by atoms with Crippen LogP contribution in [0.5, 0.6) is 0 Å². The molecule has 1 saturated heterocycles. The van der Waals surface area contributed by atoms with Crippen molar-refractivity contribution in [3.8, 4) is 5.69 Å². The number of nitrogens with one attached hydrogen (secondary N) is 2. The van der Waals surface area contributed by atoms with Crippen molar-refractivity contribution in [2.75, 3.05) is 6.54 Å². The molecule has 0 radical (unpaired) electrons. The Labute approximate surface area is 135 Å². The predicted molar refractivity (Wildman–Crippen MR) is 87.3 cm³/mol. The summed E-state index contributed by atoms with van der Waals surface area (Å²) in [4.78, 5) is 12.2. The number of carbonyl (C=O) groups excluding carboxylic acids is 1. The highest BCUT2D eigenvalue weighted by Gasteiger charge is 2.28. The van der Waals surface area contributed by atoms with Gasteiger partial charge in [-0.05, 0) is 32.4 Å². The summed E-state index contributed by atoms with van der Waals surface area (Å²) in [6.45, 7) is 4.87. The summed E-state index contributed by atoms with van der Waals surface area (Å²) in [5.74, 6) is -0.0761. The third-order valence-electron chi connectivity index (χ3n) is 4.31. The van der Waals surface area contributed by atoms with E-state index in [9.17, 15) is 9.90 Å². The van der Waals surface area contributed by atoms with Gasteiger partial charge in [-0.2, -0.15) is 5.10 Å². The molecule has 2 heterocycles. The lowest BCUT2D eigenvalue weighted by atomic mass is 10.1. The molecule has 3 rings (SSSR count). The van der Waals surface area contributed by atoms with Crippen LogP contribution in [0.4, 0.5) is 0 Å². The fraction of sp³-hybridized carbons (Fsp3) is 0.412. The lowest BCUT2D eigenvalue weighted by molar-refractivity contribution is -0.123. The minimum absolute atomic E-state index is 0.0761. The molecule has 0 aliphatic carbocycles. The van der Waals surface area contributed by atoms with Crippen LogP contribution >= 0.6 is 0 Å². The van der Waals surface area contributed by atoms with Crippen molar-refractivity contribution < 1.29 is 9.90 Å². The molecule has 1 aromatic heterocycles. The van der Waals surface area contributed by atoms with E-state index in [4.69, 9.17) is 0 Å². The summed E-state index contributed by atoms with van der Waals surface area (Å²) in [7, 11) is 0. The van der Waals surface area contributed by atoms with E-state index in [0.717, 1.165) is 22.6 Å². The maximum absolute atomic E-state index is 12.2. The molecule has 1 aliphatic rings. The third kappa shape index (κ3) is 3.28. The molecular weight excluding hydrogens is 292 g/mol. The van der Waals surface area contributed by atoms with Gasteiger partial charge in [0.2, 0.25) is 5.91 Å². The first kappa shape index (κ1) is 15.7. The van der Waals surface area contributed by atoms with Gasteiger partial charge in [0.05, 0.1) is 23.5 Å². The van der Waals surface area contributed by atoms with E-state index in [0.29, 0.717) is 19.5 Å². The Kier molecular flexibility index (Phi) is 4.45. The van der Waals surface area contributed by atoms with E-state index in [1.165, 1.54) is 0 Å². The molecule has 3 N–H and O–H groups in total. The molecule has 122 valence electrons. The zero-order valence-corrected chi connectivity index (χ0v) is 13.4. The first-order chi connectivity index (χ1) is 11.1.